The summed E-state index contributed by atoms with van der Waals surface area (Å²) in [7, 11) is 0. The Morgan fingerprint density at radius 2 is 2.20 bits per heavy atom. The first-order valence-corrected chi connectivity index (χ1v) is 8.60. The van der Waals surface area contributed by atoms with Crippen molar-refractivity contribution in [3.63, 3.8) is 0 Å². The third-order valence-electron chi connectivity index (χ3n) is 4.27. The molecular formula is C16H24BrClN2. The lowest BCUT2D eigenvalue weighted by atomic mass is 10.0. The van der Waals surface area contributed by atoms with Crippen molar-refractivity contribution in [2.75, 3.05) is 13.1 Å². The van der Waals surface area contributed by atoms with Crippen LogP contribution in [-0.4, -0.2) is 24.0 Å². The molecule has 1 heterocycles. The highest BCUT2D eigenvalue weighted by atomic mass is 79.9. The lowest BCUT2D eigenvalue weighted by Crippen LogP contribution is -2.35. The third-order valence-corrected chi connectivity index (χ3v) is 5.09. The summed E-state index contributed by atoms with van der Waals surface area (Å²) in [5, 5.41) is 0.758. The Balaban J connectivity index is 1.93. The highest BCUT2D eigenvalue weighted by Crippen LogP contribution is 2.29. The highest BCUT2D eigenvalue weighted by molar-refractivity contribution is 9.10. The third kappa shape index (κ3) is 3.97. The molecule has 2 unspecified atom stereocenters. The number of rotatable bonds is 5. The van der Waals surface area contributed by atoms with Crippen LogP contribution in [0.5, 0.6) is 0 Å². The Hall–Kier alpha value is -0.0900. The van der Waals surface area contributed by atoms with E-state index in [9.17, 15) is 0 Å². The van der Waals surface area contributed by atoms with Gasteiger partial charge in [0.1, 0.15) is 0 Å². The van der Waals surface area contributed by atoms with Crippen molar-refractivity contribution in [2.24, 2.45) is 11.7 Å². The van der Waals surface area contributed by atoms with E-state index in [1.165, 1.54) is 19.4 Å². The standard InChI is InChI=1S/C16H24BrClN2/c1-11(2)16-4-3-8-20(16)9-7-15(19)13-6-5-12(17)10-14(13)18/h5-6,10-11,15-16H,3-4,7-9,19H2,1-2H3. The molecule has 0 amide bonds. The molecule has 0 bridgehead atoms. The molecule has 1 aliphatic rings. The van der Waals surface area contributed by atoms with Gasteiger partial charge in [-0.15, -0.1) is 0 Å². The van der Waals surface area contributed by atoms with Gasteiger partial charge in [-0.3, -0.25) is 0 Å². The Bertz CT molecular complexity index is 450. The van der Waals surface area contributed by atoms with E-state index in [0.29, 0.717) is 0 Å². The fourth-order valence-electron chi connectivity index (χ4n) is 3.15. The van der Waals surface area contributed by atoms with Crippen LogP contribution in [0.2, 0.25) is 5.02 Å². The van der Waals surface area contributed by atoms with E-state index in [1.54, 1.807) is 0 Å². The summed E-state index contributed by atoms with van der Waals surface area (Å²) >= 11 is 9.70. The SMILES string of the molecule is CC(C)C1CCCN1CCC(N)c1ccc(Br)cc1Cl. The summed E-state index contributed by atoms with van der Waals surface area (Å²) in [6.07, 6.45) is 3.60. The van der Waals surface area contributed by atoms with Gasteiger partial charge in [-0.05, 0) is 49.4 Å². The molecule has 0 aliphatic carbocycles. The number of hydrogen-bond donors (Lipinski definition) is 1. The molecule has 1 fully saturated rings. The van der Waals surface area contributed by atoms with Gasteiger partial charge in [0.2, 0.25) is 0 Å². The lowest BCUT2D eigenvalue weighted by molar-refractivity contribution is 0.200. The van der Waals surface area contributed by atoms with Crippen LogP contribution < -0.4 is 5.73 Å². The Labute approximate surface area is 135 Å². The van der Waals surface area contributed by atoms with E-state index >= 15 is 0 Å². The predicted octanol–water partition coefficient (Wildman–Crippen LogP) is 4.61. The maximum absolute atomic E-state index is 6.32. The van der Waals surface area contributed by atoms with E-state index in [0.717, 1.165) is 40.0 Å². The average molecular weight is 360 g/mol. The maximum Gasteiger partial charge on any atom is 0.0464 e. The first-order valence-electron chi connectivity index (χ1n) is 7.43. The molecule has 20 heavy (non-hydrogen) atoms. The number of nitrogens with zero attached hydrogens (tertiary/aromatic N) is 1. The minimum absolute atomic E-state index is 0.0176. The molecule has 2 atom stereocenters. The van der Waals surface area contributed by atoms with Gasteiger partial charge in [0.05, 0.1) is 0 Å². The zero-order chi connectivity index (χ0) is 14.7. The number of halogens is 2. The minimum Gasteiger partial charge on any atom is -0.324 e. The second-order valence-electron chi connectivity index (χ2n) is 6.05. The van der Waals surface area contributed by atoms with Crippen molar-refractivity contribution in [2.45, 2.75) is 45.2 Å². The molecule has 0 saturated carbocycles. The molecule has 0 radical (unpaired) electrons. The van der Waals surface area contributed by atoms with E-state index in [-0.39, 0.29) is 6.04 Å². The van der Waals surface area contributed by atoms with Crippen molar-refractivity contribution in [3.8, 4) is 0 Å². The Morgan fingerprint density at radius 3 is 2.85 bits per heavy atom. The van der Waals surface area contributed by atoms with Crippen LogP contribution in [0, 0.1) is 5.92 Å². The van der Waals surface area contributed by atoms with Gasteiger partial charge in [-0.2, -0.15) is 0 Å². The number of benzene rings is 1. The summed E-state index contributed by atoms with van der Waals surface area (Å²) in [5.74, 6) is 0.727. The second kappa shape index (κ2) is 7.26. The zero-order valence-electron chi connectivity index (χ0n) is 12.3. The monoisotopic (exact) mass is 358 g/mol. The van der Waals surface area contributed by atoms with Crippen molar-refractivity contribution < 1.29 is 0 Å². The fraction of sp³-hybridized carbons (Fsp3) is 0.625. The normalized spacial score (nSPS) is 21.6. The van der Waals surface area contributed by atoms with Crippen LogP contribution in [0.3, 0.4) is 0 Å². The molecule has 1 aromatic rings. The van der Waals surface area contributed by atoms with Gasteiger partial charge < -0.3 is 10.6 Å². The van der Waals surface area contributed by atoms with Gasteiger partial charge >= 0.3 is 0 Å². The Kier molecular flexibility index (Phi) is 5.91. The minimum atomic E-state index is 0.0176. The van der Waals surface area contributed by atoms with Gasteiger partial charge in [0, 0.05) is 28.1 Å². The summed E-state index contributed by atoms with van der Waals surface area (Å²) in [5.41, 5.74) is 7.37. The second-order valence-corrected chi connectivity index (χ2v) is 7.37. The summed E-state index contributed by atoms with van der Waals surface area (Å²) < 4.78 is 0.998. The molecule has 2 nitrogen and oxygen atoms in total. The molecular weight excluding hydrogens is 336 g/mol. The predicted molar refractivity (Wildman–Crippen MR) is 90.1 cm³/mol. The average Bonchev–Trinajstić information content (AvgIpc) is 2.84. The molecule has 0 aromatic heterocycles. The smallest absolute Gasteiger partial charge is 0.0464 e. The molecule has 2 rings (SSSR count). The number of hydrogen-bond acceptors (Lipinski definition) is 2. The molecule has 0 spiro atoms. The van der Waals surface area contributed by atoms with E-state index in [1.807, 2.05) is 18.2 Å². The van der Waals surface area contributed by atoms with Gasteiger partial charge in [-0.1, -0.05) is 47.4 Å². The quantitative estimate of drug-likeness (QED) is 0.831. The number of nitrogens with two attached hydrogens (primary N) is 1. The summed E-state index contributed by atoms with van der Waals surface area (Å²) in [6.45, 7) is 6.91. The van der Waals surface area contributed by atoms with Crippen molar-refractivity contribution >= 4 is 27.5 Å². The first kappa shape index (κ1) is 16.3. The lowest BCUT2D eigenvalue weighted by Gasteiger charge is -2.28. The van der Waals surface area contributed by atoms with Crippen molar-refractivity contribution in [3.05, 3.63) is 33.3 Å². The van der Waals surface area contributed by atoms with E-state index < -0.39 is 0 Å². The molecule has 1 aliphatic heterocycles. The molecule has 1 saturated heterocycles. The number of likely N-dealkylation sites (tertiary alicyclic amines) is 1. The highest BCUT2D eigenvalue weighted by Gasteiger charge is 2.27. The molecule has 4 heteroatoms. The van der Waals surface area contributed by atoms with Crippen LogP contribution in [-0.2, 0) is 0 Å². The van der Waals surface area contributed by atoms with Crippen molar-refractivity contribution in [1.29, 1.82) is 0 Å². The van der Waals surface area contributed by atoms with Gasteiger partial charge in [0.25, 0.3) is 0 Å². The Morgan fingerprint density at radius 1 is 1.45 bits per heavy atom. The molecule has 1 aromatic carbocycles. The summed E-state index contributed by atoms with van der Waals surface area (Å²) in [6, 6.07) is 6.70. The van der Waals surface area contributed by atoms with Crippen LogP contribution in [0.25, 0.3) is 0 Å². The van der Waals surface area contributed by atoms with E-state index in [2.05, 4.69) is 34.7 Å². The van der Waals surface area contributed by atoms with Crippen LogP contribution in [0.4, 0.5) is 0 Å². The maximum atomic E-state index is 6.32. The van der Waals surface area contributed by atoms with Crippen molar-refractivity contribution in [1.82, 2.24) is 4.90 Å². The van der Waals surface area contributed by atoms with Crippen LogP contribution in [0.1, 0.15) is 44.7 Å². The molecule has 2 N–H and O–H groups in total. The first-order chi connectivity index (χ1) is 9.49. The van der Waals surface area contributed by atoms with Gasteiger partial charge in [-0.25, -0.2) is 0 Å². The van der Waals surface area contributed by atoms with Crippen LogP contribution in [0.15, 0.2) is 22.7 Å². The fourth-order valence-corrected chi connectivity index (χ4v) is 3.96. The molecule has 112 valence electrons. The van der Waals surface area contributed by atoms with E-state index in [4.69, 9.17) is 17.3 Å². The summed E-state index contributed by atoms with van der Waals surface area (Å²) in [4.78, 5) is 2.59. The zero-order valence-corrected chi connectivity index (χ0v) is 14.6. The van der Waals surface area contributed by atoms with Gasteiger partial charge in [0.15, 0.2) is 0 Å². The largest absolute Gasteiger partial charge is 0.324 e. The topological polar surface area (TPSA) is 29.3 Å². The van der Waals surface area contributed by atoms with Crippen LogP contribution >= 0.6 is 27.5 Å².